The molecule has 0 spiro atoms. The third-order valence-electron chi connectivity index (χ3n) is 5.42. The number of benzene rings is 1. The van der Waals surface area contributed by atoms with Gasteiger partial charge in [0.05, 0.1) is 10.9 Å². The van der Waals surface area contributed by atoms with Crippen LogP contribution in [0.25, 0.3) is 11.1 Å². The molecular formula is C24H23ClN2S. The van der Waals surface area contributed by atoms with E-state index in [1.54, 1.807) is 11.3 Å². The standard InChI is InChI=1S/C24H23ClN2S/c1-4-16(3)27-14-22(21-11-24(25)28-23(21)15-27)20-9-7-6-8-19(20)18-10-17(5-2)12-26-13-18/h4,6-13,22H,1,3,5,14-15H2,2H3. The number of fused-ring (bicyclic) bond motifs is 1. The van der Waals surface area contributed by atoms with E-state index in [1.165, 1.54) is 27.1 Å². The zero-order chi connectivity index (χ0) is 19.7. The van der Waals surface area contributed by atoms with Gasteiger partial charge in [-0.05, 0) is 46.9 Å². The van der Waals surface area contributed by atoms with Crippen molar-refractivity contribution in [2.45, 2.75) is 25.8 Å². The van der Waals surface area contributed by atoms with Crippen molar-refractivity contribution in [1.82, 2.24) is 9.88 Å². The minimum atomic E-state index is 0.227. The second-order valence-corrected chi connectivity index (χ2v) is 8.85. The van der Waals surface area contributed by atoms with Gasteiger partial charge in [0.25, 0.3) is 0 Å². The quantitative estimate of drug-likeness (QED) is 0.439. The number of allylic oxidation sites excluding steroid dienone is 1. The van der Waals surface area contributed by atoms with Crippen molar-refractivity contribution in [3.8, 4) is 11.1 Å². The Morgan fingerprint density at radius 2 is 2.11 bits per heavy atom. The largest absolute Gasteiger partial charge is 0.366 e. The van der Waals surface area contributed by atoms with Crippen LogP contribution in [0.2, 0.25) is 4.34 Å². The van der Waals surface area contributed by atoms with Crippen molar-refractivity contribution in [2.24, 2.45) is 0 Å². The molecule has 3 heterocycles. The number of hydrogen-bond acceptors (Lipinski definition) is 3. The first kappa shape index (κ1) is 19.0. The summed E-state index contributed by atoms with van der Waals surface area (Å²) >= 11 is 8.07. The molecule has 1 aliphatic rings. The summed E-state index contributed by atoms with van der Waals surface area (Å²) in [5, 5.41) is 0. The number of rotatable bonds is 5. The van der Waals surface area contributed by atoms with E-state index in [0.29, 0.717) is 0 Å². The maximum absolute atomic E-state index is 6.41. The first-order valence-corrected chi connectivity index (χ1v) is 10.7. The molecule has 1 unspecified atom stereocenters. The Labute approximate surface area is 175 Å². The second kappa shape index (κ2) is 7.94. The lowest BCUT2D eigenvalue weighted by molar-refractivity contribution is 0.319. The number of pyridine rings is 1. The number of hydrogen-bond donors (Lipinski definition) is 0. The van der Waals surface area contributed by atoms with Crippen molar-refractivity contribution >= 4 is 22.9 Å². The molecule has 0 fully saturated rings. The van der Waals surface area contributed by atoms with Crippen molar-refractivity contribution in [3.05, 3.63) is 99.6 Å². The smallest absolute Gasteiger partial charge is 0.0934 e. The highest BCUT2D eigenvalue weighted by molar-refractivity contribution is 7.16. The average Bonchev–Trinajstić information content (AvgIpc) is 3.12. The van der Waals surface area contributed by atoms with Gasteiger partial charge in [-0.15, -0.1) is 11.3 Å². The first-order valence-electron chi connectivity index (χ1n) is 9.48. The second-order valence-electron chi connectivity index (χ2n) is 7.08. The molecule has 4 heteroatoms. The van der Waals surface area contributed by atoms with Crippen LogP contribution < -0.4 is 0 Å². The lowest BCUT2D eigenvalue weighted by Gasteiger charge is -2.35. The summed E-state index contributed by atoms with van der Waals surface area (Å²) in [4.78, 5) is 8.07. The molecule has 0 saturated heterocycles. The van der Waals surface area contributed by atoms with Gasteiger partial charge >= 0.3 is 0 Å². The van der Waals surface area contributed by atoms with Crippen LogP contribution in [-0.4, -0.2) is 16.4 Å². The molecule has 0 aliphatic carbocycles. The Bertz CT molecular complexity index is 1040. The van der Waals surface area contributed by atoms with Gasteiger partial charge < -0.3 is 4.90 Å². The van der Waals surface area contributed by atoms with E-state index in [1.807, 2.05) is 18.5 Å². The number of thiophene rings is 1. The van der Waals surface area contributed by atoms with E-state index in [4.69, 9.17) is 11.6 Å². The summed E-state index contributed by atoms with van der Waals surface area (Å²) in [6.45, 7) is 11.9. The van der Waals surface area contributed by atoms with Gasteiger partial charge in [0.1, 0.15) is 0 Å². The topological polar surface area (TPSA) is 16.1 Å². The Kier molecular flexibility index (Phi) is 5.38. The highest BCUT2D eigenvalue weighted by Gasteiger charge is 2.30. The minimum Gasteiger partial charge on any atom is -0.366 e. The normalized spacial score (nSPS) is 15.9. The number of halogens is 1. The van der Waals surface area contributed by atoms with Crippen molar-refractivity contribution in [1.29, 1.82) is 0 Å². The van der Waals surface area contributed by atoms with Gasteiger partial charge in [-0.2, -0.15) is 0 Å². The van der Waals surface area contributed by atoms with Gasteiger partial charge in [-0.25, -0.2) is 0 Å². The van der Waals surface area contributed by atoms with Crippen LogP contribution in [0.5, 0.6) is 0 Å². The lowest BCUT2D eigenvalue weighted by atomic mass is 9.84. The third kappa shape index (κ3) is 3.52. The van der Waals surface area contributed by atoms with Crippen molar-refractivity contribution in [2.75, 3.05) is 6.54 Å². The molecule has 0 radical (unpaired) electrons. The number of aryl methyl sites for hydroxylation is 1. The van der Waals surface area contributed by atoms with Gasteiger partial charge in [-0.3, -0.25) is 4.98 Å². The zero-order valence-electron chi connectivity index (χ0n) is 16.0. The van der Waals surface area contributed by atoms with E-state index in [2.05, 4.69) is 66.4 Å². The summed E-state index contributed by atoms with van der Waals surface area (Å²) in [5.74, 6) is 0.227. The molecule has 142 valence electrons. The van der Waals surface area contributed by atoms with Crippen LogP contribution in [0.1, 0.15) is 34.4 Å². The summed E-state index contributed by atoms with van der Waals surface area (Å²) in [6.07, 6.45) is 6.71. The fraction of sp³-hybridized carbons (Fsp3) is 0.208. The highest BCUT2D eigenvalue weighted by Crippen LogP contribution is 2.43. The van der Waals surface area contributed by atoms with Crippen molar-refractivity contribution in [3.63, 3.8) is 0 Å². The third-order valence-corrected chi connectivity index (χ3v) is 6.68. The van der Waals surface area contributed by atoms with Crippen LogP contribution in [-0.2, 0) is 13.0 Å². The van der Waals surface area contributed by atoms with E-state index in [9.17, 15) is 0 Å². The van der Waals surface area contributed by atoms with Crippen LogP contribution in [0.15, 0.2) is 73.7 Å². The van der Waals surface area contributed by atoms with Gasteiger partial charge in [0, 0.05) is 41.0 Å². The van der Waals surface area contributed by atoms with Crippen LogP contribution in [0.4, 0.5) is 0 Å². The summed E-state index contributed by atoms with van der Waals surface area (Å²) in [5.41, 5.74) is 7.22. The lowest BCUT2D eigenvalue weighted by Crippen LogP contribution is -2.32. The van der Waals surface area contributed by atoms with Gasteiger partial charge in [0.2, 0.25) is 0 Å². The van der Waals surface area contributed by atoms with Crippen LogP contribution in [0.3, 0.4) is 0 Å². The average molecular weight is 407 g/mol. The molecular weight excluding hydrogens is 384 g/mol. The summed E-state index contributed by atoms with van der Waals surface area (Å²) < 4.78 is 0.841. The maximum Gasteiger partial charge on any atom is 0.0934 e. The fourth-order valence-corrected chi connectivity index (χ4v) is 5.25. The molecule has 2 aromatic heterocycles. The Hall–Kier alpha value is -2.36. The maximum atomic E-state index is 6.41. The molecule has 4 rings (SSSR count). The van der Waals surface area contributed by atoms with E-state index < -0.39 is 0 Å². The van der Waals surface area contributed by atoms with Gasteiger partial charge in [-0.1, -0.05) is 55.9 Å². The monoisotopic (exact) mass is 406 g/mol. The SMILES string of the molecule is C=CC(=C)N1Cc2sc(Cl)cc2C(c2ccccc2-c2cncc(CC)c2)C1. The minimum absolute atomic E-state index is 0.227. The number of nitrogens with zero attached hydrogens (tertiary/aromatic N) is 2. The molecule has 0 amide bonds. The van der Waals surface area contributed by atoms with Crippen molar-refractivity contribution < 1.29 is 0 Å². The predicted molar refractivity (Wildman–Crippen MR) is 120 cm³/mol. The van der Waals surface area contributed by atoms with Gasteiger partial charge in [0.15, 0.2) is 0 Å². The molecule has 0 N–H and O–H groups in total. The molecule has 0 bridgehead atoms. The molecule has 1 aliphatic heterocycles. The molecule has 28 heavy (non-hydrogen) atoms. The first-order chi connectivity index (χ1) is 13.6. The fourth-order valence-electron chi connectivity index (χ4n) is 3.89. The molecule has 2 nitrogen and oxygen atoms in total. The van der Waals surface area contributed by atoms with E-state index >= 15 is 0 Å². The molecule has 0 saturated carbocycles. The Morgan fingerprint density at radius 3 is 2.89 bits per heavy atom. The predicted octanol–water partition coefficient (Wildman–Crippen LogP) is 6.67. The Morgan fingerprint density at radius 1 is 1.29 bits per heavy atom. The highest BCUT2D eigenvalue weighted by atomic mass is 35.5. The number of aromatic nitrogens is 1. The summed E-state index contributed by atoms with van der Waals surface area (Å²) in [6, 6.07) is 13.0. The Balaban J connectivity index is 1.84. The van der Waals surface area contributed by atoms with Crippen LogP contribution >= 0.6 is 22.9 Å². The van der Waals surface area contributed by atoms with E-state index in [0.717, 1.165) is 35.1 Å². The van der Waals surface area contributed by atoms with E-state index in [-0.39, 0.29) is 5.92 Å². The molecule has 3 aromatic rings. The molecule has 1 aromatic carbocycles. The summed E-state index contributed by atoms with van der Waals surface area (Å²) in [7, 11) is 0. The van der Waals surface area contributed by atoms with Crippen LogP contribution in [0, 0.1) is 0 Å². The zero-order valence-corrected chi connectivity index (χ0v) is 17.6. The molecule has 1 atom stereocenters.